The van der Waals surface area contributed by atoms with Crippen LogP contribution in [0.5, 0.6) is 0 Å². The highest BCUT2D eigenvalue weighted by Gasteiger charge is 2.28. The second-order valence-corrected chi connectivity index (χ2v) is 8.48. The molecule has 0 aliphatic carbocycles. The molecule has 1 aliphatic heterocycles. The number of hydrogen-bond acceptors (Lipinski definition) is 4. The van der Waals surface area contributed by atoms with Gasteiger partial charge in [0, 0.05) is 24.0 Å². The number of thioether (sulfide) groups is 1. The van der Waals surface area contributed by atoms with Gasteiger partial charge >= 0.3 is 6.09 Å². The quantitative estimate of drug-likeness (QED) is 0.829. The molecule has 0 unspecified atom stereocenters. The van der Waals surface area contributed by atoms with Crippen molar-refractivity contribution in [3.05, 3.63) is 29.8 Å². The van der Waals surface area contributed by atoms with Crippen molar-refractivity contribution in [2.45, 2.75) is 57.1 Å². The highest BCUT2D eigenvalue weighted by Crippen LogP contribution is 2.19. The Morgan fingerprint density at radius 1 is 1.28 bits per heavy atom. The van der Waals surface area contributed by atoms with Gasteiger partial charge in [-0.15, -0.1) is 11.8 Å². The van der Waals surface area contributed by atoms with E-state index in [-0.39, 0.29) is 18.0 Å². The Kier molecular flexibility index (Phi) is 6.76. The third-order valence-corrected chi connectivity index (χ3v) is 4.84. The third kappa shape index (κ3) is 6.98. The maximum atomic E-state index is 12.2. The van der Waals surface area contributed by atoms with E-state index in [1.807, 2.05) is 52.0 Å². The fourth-order valence-corrected chi connectivity index (χ4v) is 3.35. The summed E-state index contributed by atoms with van der Waals surface area (Å²) in [7, 11) is 0. The van der Waals surface area contributed by atoms with Crippen LogP contribution in [0.3, 0.4) is 0 Å². The van der Waals surface area contributed by atoms with Crippen LogP contribution in [-0.2, 0) is 9.53 Å². The second-order valence-electron chi connectivity index (χ2n) is 7.43. The van der Waals surface area contributed by atoms with Crippen LogP contribution in [0.25, 0.3) is 0 Å². The van der Waals surface area contributed by atoms with E-state index in [4.69, 9.17) is 4.74 Å². The molecular formula is C19H28N2O3S. The van der Waals surface area contributed by atoms with E-state index in [9.17, 15) is 9.59 Å². The summed E-state index contributed by atoms with van der Waals surface area (Å²) in [6, 6.07) is 8.13. The molecule has 1 N–H and O–H groups in total. The molecule has 0 saturated carbocycles. The highest BCUT2D eigenvalue weighted by molar-refractivity contribution is 8.00. The number of likely N-dealkylation sites (tertiary alicyclic amines) is 1. The fourth-order valence-electron chi connectivity index (χ4n) is 2.64. The van der Waals surface area contributed by atoms with E-state index in [0.29, 0.717) is 18.8 Å². The van der Waals surface area contributed by atoms with Crippen molar-refractivity contribution in [3.8, 4) is 0 Å². The number of rotatable bonds is 4. The standard InChI is InChI=1S/C19H28N2O3S/c1-14-7-9-16(10-8-14)25-13-17(22)20-15-6-5-11-21(12-15)18(23)24-19(2,3)4/h7-10,15H,5-6,11-13H2,1-4H3,(H,20,22)/t15-/m1/s1. The lowest BCUT2D eigenvalue weighted by Gasteiger charge is -2.34. The highest BCUT2D eigenvalue weighted by atomic mass is 32.2. The van der Waals surface area contributed by atoms with Gasteiger partial charge in [-0.2, -0.15) is 0 Å². The minimum absolute atomic E-state index is 0.00149. The molecule has 1 saturated heterocycles. The van der Waals surface area contributed by atoms with Gasteiger partial charge in [-0.25, -0.2) is 4.79 Å². The van der Waals surface area contributed by atoms with Gasteiger partial charge in [-0.1, -0.05) is 17.7 Å². The van der Waals surface area contributed by atoms with Gasteiger partial charge in [-0.3, -0.25) is 4.79 Å². The Morgan fingerprint density at radius 2 is 1.96 bits per heavy atom. The summed E-state index contributed by atoms with van der Waals surface area (Å²) in [5.41, 5.74) is 0.705. The molecule has 6 heteroatoms. The Morgan fingerprint density at radius 3 is 2.60 bits per heavy atom. The molecule has 0 spiro atoms. The lowest BCUT2D eigenvalue weighted by molar-refractivity contribution is -0.119. The largest absolute Gasteiger partial charge is 0.444 e. The molecule has 1 atom stereocenters. The molecule has 5 nitrogen and oxygen atoms in total. The van der Waals surface area contributed by atoms with Crippen molar-refractivity contribution in [3.63, 3.8) is 0 Å². The van der Waals surface area contributed by atoms with E-state index < -0.39 is 5.60 Å². The Balaban J connectivity index is 1.78. The lowest BCUT2D eigenvalue weighted by atomic mass is 10.1. The van der Waals surface area contributed by atoms with E-state index in [2.05, 4.69) is 5.32 Å². The number of benzene rings is 1. The zero-order valence-corrected chi connectivity index (χ0v) is 16.3. The zero-order valence-electron chi connectivity index (χ0n) is 15.5. The van der Waals surface area contributed by atoms with Crippen molar-refractivity contribution < 1.29 is 14.3 Å². The molecule has 1 aromatic rings. The maximum Gasteiger partial charge on any atom is 0.410 e. The SMILES string of the molecule is Cc1ccc(SCC(=O)N[C@@H]2CCCN(C(=O)OC(C)(C)C)C2)cc1. The van der Waals surface area contributed by atoms with Crippen molar-refractivity contribution in [2.24, 2.45) is 0 Å². The molecule has 1 heterocycles. The molecule has 2 amide bonds. The van der Waals surface area contributed by atoms with E-state index >= 15 is 0 Å². The van der Waals surface area contributed by atoms with Crippen LogP contribution in [0.1, 0.15) is 39.2 Å². The molecule has 2 rings (SSSR count). The first-order valence-corrected chi connectivity index (χ1v) is 9.68. The van der Waals surface area contributed by atoms with Crippen LogP contribution >= 0.6 is 11.8 Å². The van der Waals surface area contributed by atoms with Crippen molar-refractivity contribution >= 4 is 23.8 Å². The first-order valence-electron chi connectivity index (χ1n) is 8.70. The summed E-state index contributed by atoms with van der Waals surface area (Å²) in [5, 5.41) is 3.04. The second kappa shape index (κ2) is 8.61. The van der Waals surface area contributed by atoms with Gasteiger partial charge in [0.25, 0.3) is 0 Å². The number of ether oxygens (including phenoxy) is 1. The molecular weight excluding hydrogens is 336 g/mol. The zero-order chi connectivity index (χ0) is 18.4. The molecule has 1 aromatic carbocycles. The predicted octanol–water partition coefficient (Wildman–Crippen LogP) is 3.60. The van der Waals surface area contributed by atoms with Gasteiger partial charge in [0.1, 0.15) is 5.60 Å². The summed E-state index contributed by atoms with van der Waals surface area (Å²) in [6.45, 7) is 8.80. The van der Waals surface area contributed by atoms with E-state index in [1.54, 1.807) is 4.90 Å². The van der Waals surface area contributed by atoms with Gasteiger partial charge < -0.3 is 15.0 Å². The molecule has 25 heavy (non-hydrogen) atoms. The van der Waals surface area contributed by atoms with Crippen LogP contribution in [0, 0.1) is 6.92 Å². The summed E-state index contributed by atoms with van der Waals surface area (Å²) in [4.78, 5) is 27.1. The third-order valence-electron chi connectivity index (χ3n) is 3.83. The van der Waals surface area contributed by atoms with Crippen molar-refractivity contribution in [2.75, 3.05) is 18.8 Å². The average Bonchev–Trinajstić information content (AvgIpc) is 2.53. The number of nitrogens with zero attached hydrogens (tertiary/aromatic N) is 1. The van der Waals surface area contributed by atoms with Gasteiger partial charge in [0.05, 0.1) is 5.75 Å². The summed E-state index contributed by atoms with van der Waals surface area (Å²) < 4.78 is 5.42. The Labute approximate surface area is 154 Å². The van der Waals surface area contributed by atoms with Crippen LogP contribution in [0.4, 0.5) is 4.79 Å². The van der Waals surface area contributed by atoms with Crippen LogP contribution in [0.2, 0.25) is 0 Å². The minimum atomic E-state index is -0.502. The fraction of sp³-hybridized carbons (Fsp3) is 0.579. The van der Waals surface area contributed by atoms with Crippen molar-refractivity contribution in [1.82, 2.24) is 10.2 Å². The van der Waals surface area contributed by atoms with Gasteiger partial charge in [0.2, 0.25) is 5.91 Å². The monoisotopic (exact) mass is 364 g/mol. The van der Waals surface area contributed by atoms with E-state index in [1.165, 1.54) is 17.3 Å². The van der Waals surface area contributed by atoms with Gasteiger partial charge in [-0.05, 0) is 52.7 Å². The maximum absolute atomic E-state index is 12.2. The number of carbonyl (C=O) groups excluding carboxylic acids is 2. The van der Waals surface area contributed by atoms with Crippen LogP contribution in [0.15, 0.2) is 29.2 Å². The predicted molar refractivity (Wildman–Crippen MR) is 101 cm³/mol. The Bertz CT molecular complexity index is 596. The Hall–Kier alpha value is -1.69. The summed E-state index contributed by atoms with van der Waals surface area (Å²) in [6.07, 6.45) is 1.45. The summed E-state index contributed by atoms with van der Waals surface area (Å²) in [5.74, 6) is 0.382. The molecule has 0 bridgehead atoms. The number of piperidine rings is 1. The topological polar surface area (TPSA) is 58.6 Å². The van der Waals surface area contributed by atoms with Crippen LogP contribution in [-0.4, -0.2) is 47.4 Å². The molecule has 0 aromatic heterocycles. The average molecular weight is 365 g/mol. The molecule has 1 aliphatic rings. The first kappa shape index (κ1) is 19.6. The summed E-state index contributed by atoms with van der Waals surface area (Å²) >= 11 is 1.52. The number of carbonyl (C=O) groups is 2. The number of hydrogen-bond donors (Lipinski definition) is 1. The number of amides is 2. The minimum Gasteiger partial charge on any atom is -0.444 e. The lowest BCUT2D eigenvalue weighted by Crippen LogP contribution is -2.51. The smallest absolute Gasteiger partial charge is 0.410 e. The number of aryl methyl sites for hydroxylation is 1. The van der Waals surface area contributed by atoms with Crippen LogP contribution < -0.4 is 5.32 Å². The van der Waals surface area contributed by atoms with E-state index in [0.717, 1.165) is 17.7 Å². The number of nitrogens with one attached hydrogen (secondary N) is 1. The first-order chi connectivity index (χ1) is 11.7. The molecule has 0 radical (unpaired) electrons. The molecule has 138 valence electrons. The van der Waals surface area contributed by atoms with Gasteiger partial charge in [0.15, 0.2) is 0 Å². The molecule has 1 fully saturated rings. The van der Waals surface area contributed by atoms with Crippen molar-refractivity contribution in [1.29, 1.82) is 0 Å². The normalized spacial score (nSPS) is 17.9.